The van der Waals surface area contributed by atoms with Crippen molar-refractivity contribution in [2.24, 2.45) is 5.84 Å². The van der Waals surface area contributed by atoms with Crippen LogP contribution in [0.15, 0.2) is 61.7 Å². The van der Waals surface area contributed by atoms with Crippen molar-refractivity contribution < 1.29 is 19.1 Å². The molecule has 0 heterocycles. The molecule has 28 heavy (non-hydrogen) atoms. The molecule has 6 nitrogen and oxygen atoms in total. The fourth-order valence-electron chi connectivity index (χ4n) is 2.26. The lowest BCUT2D eigenvalue weighted by Crippen LogP contribution is -2.30. The van der Waals surface area contributed by atoms with Gasteiger partial charge >= 0.3 is 0 Å². The number of hydrogen-bond acceptors (Lipinski definition) is 5. The molecule has 0 radical (unpaired) electrons. The molecule has 2 aromatic rings. The van der Waals surface area contributed by atoms with Gasteiger partial charge in [0, 0.05) is 11.1 Å². The van der Waals surface area contributed by atoms with Crippen LogP contribution in [0.3, 0.4) is 0 Å². The Bertz CT molecular complexity index is 955. The van der Waals surface area contributed by atoms with Crippen molar-refractivity contribution >= 4 is 12.2 Å². The molecule has 0 atom stereocenters. The Morgan fingerprint density at radius 2 is 1.57 bits per heavy atom. The van der Waals surface area contributed by atoms with E-state index >= 15 is 0 Å². The molecule has 0 spiro atoms. The van der Waals surface area contributed by atoms with Gasteiger partial charge in [-0.3, -0.25) is 15.0 Å². The van der Waals surface area contributed by atoms with Gasteiger partial charge in [0.05, 0.1) is 11.1 Å². The minimum absolute atomic E-state index is 0.235. The topological polar surface area (TPSA) is 90.7 Å². The summed E-state index contributed by atoms with van der Waals surface area (Å²) in [6.45, 7) is 7.70. The predicted octanol–water partition coefficient (Wildman–Crippen LogP) is 2.63. The fraction of sp³-hybridized carbons (Fsp3) is 0.0909. The summed E-state index contributed by atoms with van der Waals surface area (Å²) in [5.41, 5.74) is 4.12. The summed E-state index contributed by atoms with van der Waals surface area (Å²) in [5, 5.41) is 0. The highest BCUT2D eigenvalue weighted by atomic mass is 16.5. The van der Waals surface area contributed by atoms with Crippen molar-refractivity contribution in [3.8, 4) is 23.3 Å². The second-order valence-electron chi connectivity index (χ2n) is 5.50. The van der Waals surface area contributed by atoms with Gasteiger partial charge in [-0.15, -0.1) is 0 Å². The van der Waals surface area contributed by atoms with Gasteiger partial charge in [-0.2, -0.15) is 0 Å². The van der Waals surface area contributed by atoms with Crippen LogP contribution in [0.4, 0.5) is 0 Å². The average Bonchev–Trinajstić information content (AvgIpc) is 2.74. The molecule has 0 saturated carbocycles. The number of aldehydes is 1. The molecular weight excluding hydrogens is 356 g/mol. The third-order valence-corrected chi connectivity index (χ3v) is 3.56. The van der Waals surface area contributed by atoms with Crippen LogP contribution < -0.4 is 20.7 Å². The second-order valence-corrected chi connectivity index (χ2v) is 5.50. The molecule has 0 aliphatic rings. The predicted molar refractivity (Wildman–Crippen MR) is 107 cm³/mol. The van der Waals surface area contributed by atoms with Gasteiger partial charge in [0.15, 0.2) is 6.29 Å². The molecule has 3 N–H and O–H groups in total. The van der Waals surface area contributed by atoms with Crippen molar-refractivity contribution in [2.75, 3.05) is 13.2 Å². The fourth-order valence-corrected chi connectivity index (χ4v) is 2.26. The summed E-state index contributed by atoms with van der Waals surface area (Å²) in [4.78, 5) is 23.0. The molecule has 0 unspecified atom stereocenters. The minimum Gasteiger partial charge on any atom is -0.489 e. The van der Waals surface area contributed by atoms with Gasteiger partial charge in [0.25, 0.3) is 5.91 Å². The number of amides is 1. The van der Waals surface area contributed by atoms with E-state index in [0.29, 0.717) is 33.8 Å². The monoisotopic (exact) mass is 376 g/mol. The van der Waals surface area contributed by atoms with Crippen LogP contribution in [0.25, 0.3) is 0 Å². The second kappa shape index (κ2) is 10.4. The third-order valence-electron chi connectivity index (χ3n) is 3.56. The van der Waals surface area contributed by atoms with E-state index in [-0.39, 0.29) is 13.2 Å². The molecule has 1 amide bonds. The Morgan fingerprint density at radius 3 is 2.14 bits per heavy atom. The summed E-state index contributed by atoms with van der Waals surface area (Å²) in [7, 11) is 0. The molecule has 142 valence electrons. The van der Waals surface area contributed by atoms with Crippen LogP contribution in [0.5, 0.6) is 11.5 Å². The van der Waals surface area contributed by atoms with Gasteiger partial charge in [-0.1, -0.05) is 37.2 Å². The number of nitrogens with two attached hydrogens (primary N) is 1. The van der Waals surface area contributed by atoms with Crippen LogP contribution in [0.1, 0.15) is 31.8 Å². The standard InChI is InChI=1S/C22H20N2O4/c1-3-11-27-20-13-16(7-9-18(20)15-25)5-6-17-8-10-19(22(26)24-23)21(14-17)28-12-4-2/h3-4,7-10,13-15H,1-2,11-12,23H2,(H,24,26). The average molecular weight is 376 g/mol. The van der Waals surface area contributed by atoms with Crippen LogP contribution in [0.2, 0.25) is 0 Å². The van der Waals surface area contributed by atoms with E-state index in [2.05, 4.69) is 30.4 Å². The van der Waals surface area contributed by atoms with Crippen LogP contribution in [-0.4, -0.2) is 25.4 Å². The number of hydrogen-bond donors (Lipinski definition) is 2. The molecule has 0 aromatic heterocycles. The lowest BCUT2D eigenvalue weighted by Gasteiger charge is -2.09. The molecule has 0 fully saturated rings. The third kappa shape index (κ3) is 5.34. The maximum Gasteiger partial charge on any atom is 0.268 e. The highest BCUT2D eigenvalue weighted by Gasteiger charge is 2.11. The number of ether oxygens (including phenoxy) is 2. The molecule has 2 rings (SSSR count). The molecule has 0 bridgehead atoms. The number of hydrazine groups is 1. The van der Waals surface area contributed by atoms with E-state index < -0.39 is 5.91 Å². The number of carbonyl (C=O) groups excluding carboxylic acids is 2. The zero-order valence-corrected chi connectivity index (χ0v) is 15.2. The van der Waals surface area contributed by atoms with E-state index in [0.717, 1.165) is 6.29 Å². The van der Waals surface area contributed by atoms with Gasteiger partial charge in [0.2, 0.25) is 0 Å². The van der Waals surface area contributed by atoms with Crippen LogP contribution >= 0.6 is 0 Å². The van der Waals surface area contributed by atoms with Gasteiger partial charge in [0.1, 0.15) is 24.7 Å². The maximum absolute atomic E-state index is 11.8. The lowest BCUT2D eigenvalue weighted by atomic mass is 10.1. The summed E-state index contributed by atoms with van der Waals surface area (Å²) in [6, 6.07) is 9.97. The summed E-state index contributed by atoms with van der Waals surface area (Å²) < 4.78 is 11.0. The normalized spacial score (nSPS) is 9.46. The lowest BCUT2D eigenvalue weighted by molar-refractivity contribution is 0.0949. The van der Waals surface area contributed by atoms with Crippen LogP contribution in [-0.2, 0) is 0 Å². The first-order chi connectivity index (χ1) is 13.6. The summed E-state index contributed by atoms with van der Waals surface area (Å²) in [5.74, 6) is 11.5. The van der Waals surface area contributed by atoms with Gasteiger partial charge in [-0.05, 0) is 36.4 Å². The van der Waals surface area contributed by atoms with E-state index in [1.54, 1.807) is 48.6 Å². The number of nitrogen functional groups attached to an aromatic ring is 1. The minimum atomic E-state index is -0.466. The molecule has 0 aliphatic carbocycles. The number of benzene rings is 2. The molecule has 0 aliphatic heterocycles. The SMILES string of the molecule is C=CCOc1cc(C#Cc2ccc(C(=O)NN)c(OCC=C)c2)ccc1C=O. The Labute approximate surface area is 163 Å². The highest BCUT2D eigenvalue weighted by Crippen LogP contribution is 2.21. The van der Waals surface area contributed by atoms with Crippen molar-refractivity contribution in [3.05, 3.63) is 84.0 Å². The van der Waals surface area contributed by atoms with Crippen LogP contribution in [0, 0.1) is 11.8 Å². The molecular formula is C22H20N2O4. The Morgan fingerprint density at radius 1 is 1.00 bits per heavy atom. The highest BCUT2D eigenvalue weighted by molar-refractivity contribution is 5.96. The van der Waals surface area contributed by atoms with Gasteiger partial charge in [-0.25, -0.2) is 5.84 Å². The van der Waals surface area contributed by atoms with Crippen molar-refractivity contribution in [2.45, 2.75) is 0 Å². The Hall–Kier alpha value is -3.82. The van der Waals surface area contributed by atoms with E-state index in [9.17, 15) is 9.59 Å². The number of carbonyl (C=O) groups is 2. The summed E-state index contributed by atoms with van der Waals surface area (Å²) >= 11 is 0. The van der Waals surface area contributed by atoms with Crippen molar-refractivity contribution in [1.82, 2.24) is 5.43 Å². The first-order valence-electron chi connectivity index (χ1n) is 8.36. The van der Waals surface area contributed by atoms with Crippen molar-refractivity contribution in [3.63, 3.8) is 0 Å². The van der Waals surface area contributed by atoms with Gasteiger partial charge < -0.3 is 9.47 Å². The smallest absolute Gasteiger partial charge is 0.268 e. The quantitative estimate of drug-likeness (QED) is 0.185. The summed E-state index contributed by atoms with van der Waals surface area (Å²) in [6.07, 6.45) is 3.89. The number of rotatable bonds is 8. The largest absolute Gasteiger partial charge is 0.489 e. The zero-order valence-electron chi connectivity index (χ0n) is 15.2. The number of nitrogens with one attached hydrogen (secondary N) is 1. The molecule has 2 aromatic carbocycles. The Balaban J connectivity index is 2.34. The first kappa shape index (κ1) is 20.5. The maximum atomic E-state index is 11.8. The zero-order chi connectivity index (χ0) is 20.4. The molecule has 6 heteroatoms. The Kier molecular flexibility index (Phi) is 7.58. The molecule has 0 saturated heterocycles. The van der Waals surface area contributed by atoms with E-state index in [1.165, 1.54) is 0 Å². The first-order valence-corrected chi connectivity index (χ1v) is 8.36. The van der Waals surface area contributed by atoms with Crippen molar-refractivity contribution in [1.29, 1.82) is 0 Å². The van der Waals surface area contributed by atoms with E-state index in [1.807, 2.05) is 0 Å². The van der Waals surface area contributed by atoms with E-state index in [4.69, 9.17) is 15.3 Å².